The van der Waals surface area contributed by atoms with Crippen LogP contribution in [-0.4, -0.2) is 63.8 Å². The molecule has 0 radical (unpaired) electrons. The molecule has 8 heteroatoms. The van der Waals surface area contributed by atoms with Crippen molar-refractivity contribution in [2.45, 2.75) is 139 Å². The fraction of sp³-hybridized carbons (Fsp3) is 0.451. The van der Waals surface area contributed by atoms with E-state index in [4.69, 9.17) is 9.47 Å². The Labute approximate surface area is 350 Å². The summed E-state index contributed by atoms with van der Waals surface area (Å²) in [6, 6.07) is 37.9. The van der Waals surface area contributed by atoms with E-state index in [1.54, 1.807) is 0 Å². The number of hydrogen-bond donors (Lipinski definition) is 4. The molecule has 1 aliphatic heterocycles. The number of nitrogens with one attached hydrogen (secondary N) is 1. The van der Waals surface area contributed by atoms with E-state index in [0.717, 1.165) is 82.6 Å². The van der Waals surface area contributed by atoms with Gasteiger partial charge in [-0.05, 0) is 76.8 Å². The minimum Gasteiger partial charge on any atom is -0.394 e. The van der Waals surface area contributed by atoms with Crippen LogP contribution in [0.15, 0.2) is 115 Å². The number of rotatable bonds is 24. The molecular weight excluding hydrogens is 739 g/mol. The van der Waals surface area contributed by atoms with Gasteiger partial charge >= 0.3 is 0 Å². The van der Waals surface area contributed by atoms with Crippen LogP contribution in [0, 0.1) is 0 Å². The number of Topliss-reactive ketones (excluding diaryl/α,β-unsaturated/α-hetero) is 1. The molecular formula is C51H63NO7. The number of amides is 1. The molecule has 1 fully saturated rings. The van der Waals surface area contributed by atoms with Crippen LogP contribution < -0.4 is 5.32 Å². The van der Waals surface area contributed by atoms with E-state index in [1.807, 2.05) is 30.3 Å². The van der Waals surface area contributed by atoms with Gasteiger partial charge in [-0.15, -0.1) is 0 Å². The lowest BCUT2D eigenvalue weighted by atomic mass is 9.77. The van der Waals surface area contributed by atoms with Crippen LogP contribution in [0.4, 0.5) is 0 Å². The van der Waals surface area contributed by atoms with Gasteiger partial charge in [0.25, 0.3) is 0 Å². The highest BCUT2D eigenvalue weighted by Crippen LogP contribution is 2.34. The number of fused-ring (bicyclic) bond motifs is 2. The zero-order valence-electron chi connectivity index (χ0n) is 34.5. The van der Waals surface area contributed by atoms with Gasteiger partial charge in [-0.3, -0.25) is 9.59 Å². The molecule has 0 aliphatic carbocycles. The van der Waals surface area contributed by atoms with Crippen molar-refractivity contribution in [3.05, 3.63) is 132 Å². The summed E-state index contributed by atoms with van der Waals surface area (Å²) >= 11 is 0. The van der Waals surface area contributed by atoms with Crippen LogP contribution in [0.25, 0.3) is 21.5 Å². The average Bonchev–Trinajstić information content (AvgIpc) is 3.27. The zero-order chi connectivity index (χ0) is 41.3. The molecule has 0 aromatic heterocycles. The van der Waals surface area contributed by atoms with Crippen molar-refractivity contribution in [1.82, 2.24) is 5.32 Å². The Hall–Kier alpha value is -4.44. The van der Waals surface area contributed by atoms with Gasteiger partial charge in [-0.2, -0.15) is 0 Å². The van der Waals surface area contributed by atoms with Gasteiger partial charge in [-0.25, -0.2) is 0 Å². The number of aliphatic hydroxyl groups excluding tert-OH is 2. The molecule has 4 N–H and O–H groups in total. The molecule has 0 bridgehead atoms. The summed E-state index contributed by atoms with van der Waals surface area (Å²) < 4.78 is 12.1. The smallest absolute Gasteiger partial charge is 0.220 e. The minimum atomic E-state index is -2.41. The average molecular weight is 802 g/mol. The molecule has 6 rings (SSSR count). The van der Waals surface area contributed by atoms with Crippen LogP contribution >= 0.6 is 0 Å². The monoisotopic (exact) mass is 801 g/mol. The maximum atomic E-state index is 14.0. The van der Waals surface area contributed by atoms with Gasteiger partial charge in [-0.1, -0.05) is 167 Å². The summed E-state index contributed by atoms with van der Waals surface area (Å²) in [7, 11) is 0. The third-order valence-electron chi connectivity index (χ3n) is 12.0. The van der Waals surface area contributed by atoms with E-state index in [-0.39, 0.29) is 25.4 Å². The van der Waals surface area contributed by atoms with Crippen molar-refractivity contribution in [3.63, 3.8) is 0 Å². The number of carbonyl (C=O) groups is 2. The van der Waals surface area contributed by atoms with Gasteiger partial charge < -0.3 is 30.1 Å². The normalized spacial score (nSPS) is 20.5. The molecule has 59 heavy (non-hydrogen) atoms. The van der Waals surface area contributed by atoms with Crippen LogP contribution in [0.2, 0.25) is 0 Å². The topological polar surface area (TPSA) is 125 Å². The molecule has 1 saturated heterocycles. The van der Waals surface area contributed by atoms with Gasteiger partial charge in [0, 0.05) is 12.8 Å². The molecule has 8 nitrogen and oxygen atoms in total. The second-order valence-corrected chi connectivity index (χ2v) is 16.3. The molecule has 0 spiro atoms. The molecule has 1 heterocycles. The van der Waals surface area contributed by atoms with Crippen LogP contribution in [0.5, 0.6) is 0 Å². The second-order valence-electron chi connectivity index (χ2n) is 16.3. The number of aryl methyl sites for hydroxylation is 2. The number of unbranched alkanes of at least 4 members (excludes halogenated alkanes) is 10. The Morgan fingerprint density at radius 1 is 0.610 bits per heavy atom. The lowest BCUT2D eigenvalue weighted by Crippen LogP contribution is -2.75. The molecule has 0 unspecified atom stereocenters. The second kappa shape index (κ2) is 22.8. The predicted molar refractivity (Wildman–Crippen MR) is 235 cm³/mol. The van der Waals surface area contributed by atoms with Crippen LogP contribution in [-0.2, 0) is 38.5 Å². The van der Waals surface area contributed by atoms with Crippen molar-refractivity contribution < 1.29 is 34.4 Å². The summed E-state index contributed by atoms with van der Waals surface area (Å²) in [5, 5.41) is 41.7. The molecule has 1 aliphatic rings. The Morgan fingerprint density at radius 3 is 1.68 bits per heavy atom. The number of ketones is 1. The Morgan fingerprint density at radius 2 is 1.10 bits per heavy atom. The van der Waals surface area contributed by atoms with E-state index in [0.29, 0.717) is 12.8 Å². The maximum absolute atomic E-state index is 14.0. The minimum absolute atomic E-state index is 0.0139. The quantitative estimate of drug-likeness (QED) is 0.0459. The lowest BCUT2D eigenvalue weighted by Gasteiger charge is -2.49. The Kier molecular flexibility index (Phi) is 17.0. The molecule has 1 amide bonds. The fourth-order valence-electron chi connectivity index (χ4n) is 8.63. The SMILES string of the molecule is O=C(CCCCCCCCc1cccc2ccccc12)N[C@@H]1[C@@H](OCc2ccccc2)O[C@H](CO)[C@@H](O)[C@@]1(O)C(=O)CCCCCCCCc1cccc2ccccc12. The largest absolute Gasteiger partial charge is 0.394 e. The van der Waals surface area contributed by atoms with E-state index < -0.39 is 42.5 Å². The first-order chi connectivity index (χ1) is 28.9. The van der Waals surface area contributed by atoms with Crippen LogP contribution in [0.1, 0.15) is 107 Å². The number of hydrogen-bond acceptors (Lipinski definition) is 7. The van der Waals surface area contributed by atoms with Gasteiger partial charge in [0.05, 0.1) is 13.2 Å². The Bertz CT molecular complexity index is 2040. The highest BCUT2D eigenvalue weighted by molar-refractivity contribution is 5.90. The number of ether oxygens (including phenoxy) is 2. The highest BCUT2D eigenvalue weighted by Gasteiger charge is 2.60. The van der Waals surface area contributed by atoms with E-state index in [2.05, 4.69) is 90.2 Å². The van der Waals surface area contributed by atoms with E-state index in [9.17, 15) is 24.9 Å². The van der Waals surface area contributed by atoms with Crippen molar-refractivity contribution in [3.8, 4) is 0 Å². The molecule has 314 valence electrons. The molecule has 5 aromatic carbocycles. The Balaban J connectivity index is 0.976. The number of aliphatic hydroxyl groups is 3. The maximum Gasteiger partial charge on any atom is 0.220 e. The predicted octanol–water partition coefficient (Wildman–Crippen LogP) is 9.32. The van der Waals surface area contributed by atoms with Crippen molar-refractivity contribution >= 4 is 33.2 Å². The van der Waals surface area contributed by atoms with Crippen molar-refractivity contribution in [2.75, 3.05) is 6.61 Å². The van der Waals surface area contributed by atoms with E-state index in [1.165, 1.54) is 32.7 Å². The van der Waals surface area contributed by atoms with Crippen molar-refractivity contribution in [1.29, 1.82) is 0 Å². The third kappa shape index (κ3) is 12.1. The van der Waals surface area contributed by atoms with Crippen molar-refractivity contribution in [2.24, 2.45) is 0 Å². The molecule has 0 saturated carbocycles. The first-order valence-electron chi connectivity index (χ1n) is 22.0. The fourth-order valence-corrected chi connectivity index (χ4v) is 8.63. The molecule has 5 aromatic rings. The van der Waals surface area contributed by atoms with E-state index >= 15 is 0 Å². The third-order valence-corrected chi connectivity index (χ3v) is 12.0. The summed E-state index contributed by atoms with van der Waals surface area (Å²) in [5.41, 5.74) is 1.16. The lowest BCUT2D eigenvalue weighted by molar-refractivity contribution is -0.295. The molecule has 5 atom stereocenters. The zero-order valence-corrected chi connectivity index (χ0v) is 34.5. The highest BCUT2D eigenvalue weighted by atomic mass is 16.7. The summed E-state index contributed by atoms with van der Waals surface area (Å²) in [5.74, 6) is -0.947. The summed E-state index contributed by atoms with van der Waals surface area (Å²) in [6.45, 7) is -0.555. The first-order valence-corrected chi connectivity index (χ1v) is 22.0. The number of benzene rings is 5. The standard InChI is InChI=1S/C51H63NO7/c53-36-45-49(56)51(57,46(54)34-14-7-3-1-5-12-24-39-28-20-30-41-26-16-18-32-43(39)41)48(50(59-45)58-37-38-22-10-9-11-23-38)52-47(55)35-15-8-4-2-6-13-25-40-29-21-31-42-27-17-19-33-44(40)42/h9-11,16-23,26-33,45,48-50,53,56-57H,1-8,12-15,24-25,34-37H2,(H,52,55)/t45-,48-,49-,50+,51-/m1/s1. The van der Waals surface area contributed by atoms with Gasteiger partial charge in [0.2, 0.25) is 5.91 Å². The number of carbonyl (C=O) groups excluding carboxylic acids is 2. The van der Waals surface area contributed by atoms with Gasteiger partial charge in [0.1, 0.15) is 18.2 Å². The summed E-state index contributed by atoms with van der Waals surface area (Å²) in [4.78, 5) is 27.5. The summed E-state index contributed by atoms with van der Waals surface area (Å²) in [6.07, 6.45) is 9.23. The first kappa shape index (κ1) is 44.1. The van der Waals surface area contributed by atoms with Gasteiger partial charge in [0.15, 0.2) is 17.7 Å². The van der Waals surface area contributed by atoms with Crippen LogP contribution in [0.3, 0.4) is 0 Å².